The number of hydrogen-bond acceptors (Lipinski definition) is 2. The largest absolute Gasteiger partial charge is 0.478 e. The van der Waals surface area contributed by atoms with Crippen molar-refractivity contribution >= 4 is 34.7 Å². The summed E-state index contributed by atoms with van der Waals surface area (Å²) in [5.74, 6) is -1.03. The van der Waals surface area contributed by atoms with Crippen LogP contribution in [0.25, 0.3) is 5.57 Å². The molecule has 0 amide bonds. The third-order valence-electron chi connectivity index (χ3n) is 4.62. The molecule has 1 unspecified atom stereocenters. The summed E-state index contributed by atoms with van der Waals surface area (Å²) in [6.45, 7) is 1.77. The van der Waals surface area contributed by atoms with Gasteiger partial charge in [-0.1, -0.05) is 36.2 Å². The van der Waals surface area contributed by atoms with Gasteiger partial charge in [-0.05, 0) is 53.5 Å². The maximum Gasteiger partial charge on any atom is 0.432 e. The van der Waals surface area contributed by atoms with Gasteiger partial charge in [0.2, 0.25) is 5.60 Å². The maximum atomic E-state index is 14.1. The van der Waals surface area contributed by atoms with E-state index in [2.05, 4.69) is 0 Å². The molecule has 0 bridgehead atoms. The van der Waals surface area contributed by atoms with Crippen LogP contribution in [0.2, 0.25) is 10.0 Å². The van der Waals surface area contributed by atoms with Gasteiger partial charge in [0, 0.05) is 28.1 Å². The van der Waals surface area contributed by atoms with Crippen LogP contribution in [-0.2, 0) is 16.8 Å². The lowest BCUT2D eigenvalue weighted by atomic mass is 9.87. The summed E-state index contributed by atoms with van der Waals surface area (Å²) in [5.41, 5.74) is -1.44. The van der Waals surface area contributed by atoms with Crippen LogP contribution < -0.4 is 4.74 Å². The van der Waals surface area contributed by atoms with E-state index in [0.29, 0.717) is 23.1 Å². The number of allylic oxidation sites excluding steroid dienone is 1. The number of carboxylic acids is 1. The fourth-order valence-corrected chi connectivity index (χ4v) is 3.84. The van der Waals surface area contributed by atoms with E-state index in [1.807, 2.05) is 0 Å². The quantitative estimate of drug-likeness (QED) is 0.581. The Hall–Kier alpha value is -2.18. The number of rotatable bonds is 4. The van der Waals surface area contributed by atoms with E-state index in [0.717, 1.165) is 6.08 Å². The number of carboxylic acid groups (broad SMARTS) is 1. The number of ether oxygens (including phenoxy) is 1. The van der Waals surface area contributed by atoms with E-state index >= 15 is 0 Å². The first kappa shape index (κ1) is 20.6. The molecule has 3 rings (SSSR count). The van der Waals surface area contributed by atoms with Crippen LogP contribution in [0, 0.1) is 0 Å². The first-order valence-corrected chi connectivity index (χ1v) is 9.10. The van der Waals surface area contributed by atoms with E-state index in [9.17, 15) is 18.0 Å². The van der Waals surface area contributed by atoms with E-state index in [-0.39, 0.29) is 21.4 Å². The van der Waals surface area contributed by atoms with Crippen LogP contribution in [0.1, 0.15) is 30.0 Å². The van der Waals surface area contributed by atoms with Crippen molar-refractivity contribution in [3.63, 3.8) is 0 Å². The fourth-order valence-electron chi connectivity index (χ4n) is 3.32. The Bertz CT molecular complexity index is 949. The Morgan fingerprint density at radius 1 is 1.21 bits per heavy atom. The molecule has 0 saturated heterocycles. The first-order chi connectivity index (χ1) is 13.1. The highest BCUT2D eigenvalue weighted by Gasteiger charge is 2.61. The molecule has 0 spiro atoms. The van der Waals surface area contributed by atoms with Gasteiger partial charge in [-0.15, -0.1) is 0 Å². The second-order valence-electron chi connectivity index (χ2n) is 6.45. The van der Waals surface area contributed by atoms with E-state index in [4.69, 9.17) is 33.0 Å². The van der Waals surface area contributed by atoms with Crippen molar-refractivity contribution in [2.75, 3.05) is 0 Å². The van der Waals surface area contributed by atoms with E-state index in [1.54, 1.807) is 13.0 Å². The van der Waals surface area contributed by atoms with Crippen LogP contribution in [0.4, 0.5) is 13.2 Å². The molecule has 0 aromatic heterocycles. The maximum absolute atomic E-state index is 14.1. The number of fused-ring (bicyclic) bond motifs is 1. The third kappa shape index (κ3) is 3.71. The summed E-state index contributed by atoms with van der Waals surface area (Å²) in [6.07, 6.45) is -3.74. The number of aliphatic carboxylic acids is 1. The van der Waals surface area contributed by atoms with Gasteiger partial charge in [0.05, 0.1) is 0 Å². The Labute approximate surface area is 169 Å². The molecular weight excluding hydrogens is 416 g/mol. The second kappa shape index (κ2) is 7.33. The molecule has 1 heterocycles. The molecule has 148 valence electrons. The van der Waals surface area contributed by atoms with Crippen LogP contribution in [0.3, 0.4) is 0 Å². The number of carbonyl (C=O) groups is 1. The smallest absolute Gasteiger partial charge is 0.432 e. The fraction of sp³-hybridized carbons (Fsp3) is 0.250. The Kier molecular flexibility index (Phi) is 5.38. The average molecular weight is 431 g/mol. The molecule has 1 aliphatic rings. The van der Waals surface area contributed by atoms with Gasteiger partial charge < -0.3 is 9.84 Å². The average Bonchev–Trinajstić information content (AvgIpc) is 2.98. The van der Waals surface area contributed by atoms with Gasteiger partial charge in [0.15, 0.2) is 0 Å². The van der Waals surface area contributed by atoms with Crippen LogP contribution in [0.15, 0.2) is 42.5 Å². The molecule has 2 aromatic rings. The van der Waals surface area contributed by atoms with Crippen molar-refractivity contribution < 1.29 is 27.8 Å². The lowest BCUT2D eigenvalue weighted by Gasteiger charge is -2.31. The lowest BCUT2D eigenvalue weighted by Crippen LogP contribution is -2.46. The summed E-state index contributed by atoms with van der Waals surface area (Å²) in [5, 5.41) is 9.13. The predicted octanol–water partition coefficient (Wildman–Crippen LogP) is 6.26. The monoisotopic (exact) mass is 430 g/mol. The molecule has 0 aliphatic carbocycles. The van der Waals surface area contributed by atoms with Crippen molar-refractivity contribution in [3.05, 3.63) is 69.2 Å². The van der Waals surface area contributed by atoms with Crippen molar-refractivity contribution in [1.82, 2.24) is 0 Å². The van der Waals surface area contributed by atoms with Gasteiger partial charge in [0.1, 0.15) is 5.75 Å². The highest BCUT2D eigenvalue weighted by Crippen LogP contribution is 2.52. The normalized spacial score (nSPS) is 19.3. The van der Waals surface area contributed by atoms with E-state index < -0.39 is 24.2 Å². The lowest BCUT2D eigenvalue weighted by molar-refractivity contribution is -0.248. The Morgan fingerprint density at radius 2 is 1.86 bits per heavy atom. The Morgan fingerprint density at radius 3 is 2.39 bits per heavy atom. The number of benzene rings is 2. The van der Waals surface area contributed by atoms with Gasteiger partial charge in [-0.3, -0.25) is 0 Å². The summed E-state index contributed by atoms with van der Waals surface area (Å²) in [6, 6.07) is 8.24. The predicted molar refractivity (Wildman–Crippen MR) is 101 cm³/mol. The minimum Gasteiger partial charge on any atom is -0.478 e. The minimum atomic E-state index is -4.73. The van der Waals surface area contributed by atoms with Crippen molar-refractivity contribution in [2.45, 2.75) is 31.5 Å². The zero-order valence-electron chi connectivity index (χ0n) is 14.6. The molecule has 1 aliphatic heterocycles. The van der Waals surface area contributed by atoms with Crippen molar-refractivity contribution in [1.29, 1.82) is 0 Å². The topological polar surface area (TPSA) is 46.5 Å². The SMILES string of the molecule is CC/C(=C\C(=O)O)c1ccc2c(c1)CC(c1cc(Cl)cc(Cl)c1)(C(F)(F)F)O2. The zero-order chi connectivity index (χ0) is 20.7. The molecule has 0 fully saturated rings. The van der Waals surface area contributed by atoms with Crippen LogP contribution in [-0.4, -0.2) is 17.3 Å². The number of alkyl halides is 3. The zero-order valence-corrected chi connectivity index (χ0v) is 16.1. The molecule has 0 saturated carbocycles. The van der Waals surface area contributed by atoms with Gasteiger partial charge in [-0.2, -0.15) is 13.2 Å². The summed E-state index contributed by atoms with van der Waals surface area (Å²) in [7, 11) is 0. The Balaban J connectivity index is 2.10. The third-order valence-corrected chi connectivity index (χ3v) is 5.06. The molecule has 2 aromatic carbocycles. The first-order valence-electron chi connectivity index (χ1n) is 8.35. The minimum absolute atomic E-state index is 0.0732. The molecule has 28 heavy (non-hydrogen) atoms. The van der Waals surface area contributed by atoms with Crippen LogP contribution in [0.5, 0.6) is 5.75 Å². The molecule has 8 heteroatoms. The molecule has 1 N–H and O–H groups in total. The van der Waals surface area contributed by atoms with Crippen LogP contribution >= 0.6 is 23.2 Å². The number of halogens is 5. The van der Waals surface area contributed by atoms with Gasteiger partial charge in [0.25, 0.3) is 0 Å². The van der Waals surface area contributed by atoms with Gasteiger partial charge in [-0.25, -0.2) is 4.79 Å². The summed E-state index contributed by atoms with van der Waals surface area (Å²) >= 11 is 11.8. The van der Waals surface area contributed by atoms with Gasteiger partial charge >= 0.3 is 12.1 Å². The molecule has 3 nitrogen and oxygen atoms in total. The highest BCUT2D eigenvalue weighted by atomic mass is 35.5. The summed E-state index contributed by atoms with van der Waals surface area (Å²) in [4.78, 5) is 11.0. The number of hydrogen-bond donors (Lipinski definition) is 1. The summed E-state index contributed by atoms with van der Waals surface area (Å²) < 4.78 is 47.8. The molecule has 0 radical (unpaired) electrons. The van der Waals surface area contributed by atoms with Crippen molar-refractivity contribution in [3.8, 4) is 5.75 Å². The molecular formula is C20H15Cl2F3O3. The molecule has 1 atom stereocenters. The standard InChI is InChI=1S/C20H15Cl2F3O3/c1-2-11(6-18(26)27)12-3-4-17-13(5-12)10-19(28-17,20(23,24)25)14-7-15(21)9-16(22)8-14/h3-9H,2,10H2,1H3,(H,26,27)/b11-6+. The van der Waals surface area contributed by atoms with Crippen molar-refractivity contribution in [2.24, 2.45) is 0 Å². The van der Waals surface area contributed by atoms with E-state index in [1.165, 1.54) is 30.3 Å². The second-order valence-corrected chi connectivity index (χ2v) is 7.32. The highest BCUT2D eigenvalue weighted by molar-refractivity contribution is 6.34.